The second kappa shape index (κ2) is 7.04. The third kappa shape index (κ3) is 3.35. The van der Waals surface area contributed by atoms with Crippen LogP contribution < -0.4 is 4.90 Å². The Labute approximate surface area is 152 Å². The van der Waals surface area contributed by atoms with Gasteiger partial charge in [-0.05, 0) is 25.0 Å². The lowest BCUT2D eigenvalue weighted by Crippen LogP contribution is -2.41. The molecule has 1 aromatic heterocycles. The molecule has 0 saturated carbocycles. The van der Waals surface area contributed by atoms with E-state index in [1.54, 1.807) is 6.33 Å². The Morgan fingerprint density at radius 1 is 1.16 bits per heavy atom. The monoisotopic (exact) mass is 359 g/mol. The molecule has 2 aromatic rings. The zero-order chi connectivity index (χ0) is 17.2. The van der Waals surface area contributed by atoms with Crippen LogP contribution in [0.25, 0.3) is 0 Å². The Kier molecular flexibility index (Phi) is 4.61. The van der Waals surface area contributed by atoms with Gasteiger partial charge in [0, 0.05) is 39.1 Å². The van der Waals surface area contributed by atoms with Crippen LogP contribution in [0.2, 0.25) is 5.02 Å². The van der Waals surface area contributed by atoms with Crippen LogP contribution in [0.15, 0.2) is 30.6 Å². The molecule has 0 bridgehead atoms. The summed E-state index contributed by atoms with van der Waals surface area (Å²) in [6, 6.07) is 7.92. The van der Waals surface area contributed by atoms with Gasteiger partial charge in [-0.25, -0.2) is 0 Å². The maximum Gasteiger partial charge on any atom is 0.227 e. The minimum absolute atomic E-state index is 0.0374. The van der Waals surface area contributed by atoms with Crippen LogP contribution >= 0.6 is 11.6 Å². The Balaban J connectivity index is 1.41. The molecule has 0 N–H and O–H groups in total. The second-order valence-corrected chi connectivity index (χ2v) is 7.16. The van der Waals surface area contributed by atoms with E-state index in [1.165, 1.54) is 0 Å². The highest BCUT2D eigenvalue weighted by molar-refractivity contribution is 6.33. The van der Waals surface area contributed by atoms with Gasteiger partial charge in [0.2, 0.25) is 5.91 Å². The van der Waals surface area contributed by atoms with E-state index in [0.29, 0.717) is 6.54 Å². The van der Waals surface area contributed by atoms with Gasteiger partial charge in [0.1, 0.15) is 12.2 Å². The van der Waals surface area contributed by atoms with Crippen LogP contribution in [-0.4, -0.2) is 51.8 Å². The Hall–Kier alpha value is -2.08. The lowest BCUT2D eigenvalue weighted by molar-refractivity contribution is -0.136. The number of aryl methyl sites for hydroxylation is 1. The van der Waals surface area contributed by atoms with Gasteiger partial charge < -0.3 is 14.4 Å². The van der Waals surface area contributed by atoms with Crippen molar-refractivity contribution in [3.8, 4) is 0 Å². The summed E-state index contributed by atoms with van der Waals surface area (Å²) in [7, 11) is 0. The molecule has 0 radical (unpaired) electrons. The minimum Gasteiger partial charge on any atom is -0.368 e. The van der Waals surface area contributed by atoms with Crippen LogP contribution in [0.4, 0.5) is 5.69 Å². The first kappa shape index (κ1) is 16.4. The topological polar surface area (TPSA) is 54.3 Å². The molecule has 2 aliphatic rings. The number of carbonyl (C=O) groups is 1. The zero-order valence-corrected chi connectivity index (χ0v) is 14.9. The van der Waals surface area contributed by atoms with Gasteiger partial charge in [0.25, 0.3) is 0 Å². The summed E-state index contributed by atoms with van der Waals surface area (Å²) >= 11 is 6.33. The molecule has 0 spiro atoms. The zero-order valence-electron chi connectivity index (χ0n) is 14.1. The Morgan fingerprint density at radius 2 is 2.04 bits per heavy atom. The van der Waals surface area contributed by atoms with Gasteiger partial charge in [-0.2, -0.15) is 0 Å². The Bertz CT molecular complexity index is 761. The summed E-state index contributed by atoms with van der Waals surface area (Å²) in [5.74, 6) is 1.29. The van der Waals surface area contributed by atoms with Crippen molar-refractivity contribution in [2.24, 2.45) is 5.92 Å². The average Bonchev–Trinajstić information content (AvgIpc) is 2.97. The van der Waals surface area contributed by atoms with E-state index in [1.807, 2.05) is 27.7 Å². The number of amides is 1. The average molecular weight is 360 g/mol. The number of nitrogens with zero attached hydrogens (tertiary/aromatic N) is 5. The number of hydrogen-bond acceptors (Lipinski definition) is 4. The Morgan fingerprint density at radius 3 is 2.92 bits per heavy atom. The molecule has 2 aliphatic heterocycles. The molecule has 25 heavy (non-hydrogen) atoms. The predicted octanol–water partition coefficient (Wildman–Crippen LogP) is 2.23. The quantitative estimate of drug-likeness (QED) is 0.825. The summed E-state index contributed by atoms with van der Waals surface area (Å²) in [6.45, 7) is 4.00. The van der Waals surface area contributed by atoms with E-state index in [-0.39, 0.29) is 11.8 Å². The molecule has 0 unspecified atom stereocenters. The number of benzene rings is 1. The molecular weight excluding hydrogens is 338 g/mol. The van der Waals surface area contributed by atoms with Crippen molar-refractivity contribution >= 4 is 23.2 Å². The lowest BCUT2D eigenvalue weighted by Gasteiger charge is -2.29. The number of carbonyl (C=O) groups excluding carboxylic acids is 1. The highest BCUT2D eigenvalue weighted by atomic mass is 35.5. The van der Waals surface area contributed by atoms with Gasteiger partial charge in [-0.15, -0.1) is 10.2 Å². The molecule has 132 valence electrons. The molecule has 4 rings (SSSR count). The highest BCUT2D eigenvalue weighted by Crippen LogP contribution is 2.27. The van der Waals surface area contributed by atoms with Gasteiger partial charge in [-0.1, -0.05) is 23.7 Å². The normalized spacial score (nSPS) is 20.9. The van der Waals surface area contributed by atoms with Crippen molar-refractivity contribution in [3.05, 3.63) is 41.4 Å². The van der Waals surface area contributed by atoms with Gasteiger partial charge in [0.15, 0.2) is 0 Å². The van der Waals surface area contributed by atoms with Crippen molar-refractivity contribution in [1.82, 2.24) is 19.7 Å². The van der Waals surface area contributed by atoms with Crippen LogP contribution in [0.3, 0.4) is 0 Å². The molecule has 6 nitrogen and oxygen atoms in total. The van der Waals surface area contributed by atoms with E-state index in [4.69, 9.17) is 11.6 Å². The van der Waals surface area contributed by atoms with Crippen LogP contribution in [0.1, 0.15) is 18.7 Å². The van der Waals surface area contributed by atoms with Crippen molar-refractivity contribution in [2.75, 3.05) is 31.1 Å². The summed E-state index contributed by atoms with van der Waals surface area (Å²) in [4.78, 5) is 17.3. The van der Waals surface area contributed by atoms with Gasteiger partial charge >= 0.3 is 0 Å². The molecular formula is C18H22ClN5O. The van der Waals surface area contributed by atoms with Crippen LogP contribution in [-0.2, 0) is 17.8 Å². The SMILES string of the molecule is O=C([C@H]1CCc2nncn2C1)N1CCCN(c2ccccc2Cl)CC1. The number of fused-ring (bicyclic) bond motifs is 1. The predicted molar refractivity (Wildman–Crippen MR) is 96.7 cm³/mol. The van der Waals surface area contributed by atoms with Crippen molar-refractivity contribution in [2.45, 2.75) is 25.8 Å². The molecule has 7 heteroatoms. The first-order valence-corrected chi connectivity index (χ1v) is 9.25. The maximum absolute atomic E-state index is 13.0. The van der Waals surface area contributed by atoms with Crippen molar-refractivity contribution < 1.29 is 4.79 Å². The van der Waals surface area contributed by atoms with E-state index in [0.717, 1.165) is 62.0 Å². The number of rotatable bonds is 2. The van der Waals surface area contributed by atoms with Crippen molar-refractivity contribution in [3.63, 3.8) is 0 Å². The van der Waals surface area contributed by atoms with Crippen LogP contribution in [0, 0.1) is 5.92 Å². The molecule has 1 atom stereocenters. The number of para-hydroxylation sites is 1. The summed E-state index contributed by atoms with van der Waals surface area (Å²) in [5.41, 5.74) is 1.06. The maximum atomic E-state index is 13.0. The molecule has 1 fully saturated rings. The lowest BCUT2D eigenvalue weighted by atomic mass is 9.97. The third-order valence-electron chi connectivity index (χ3n) is 5.18. The van der Waals surface area contributed by atoms with Gasteiger partial charge in [0.05, 0.1) is 16.6 Å². The molecule has 1 aromatic carbocycles. The van der Waals surface area contributed by atoms with E-state index >= 15 is 0 Å². The minimum atomic E-state index is 0.0374. The van der Waals surface area contributed by atoms with Crippen LogP contribution in [0.5, 0.6) is 0 Å². The van der Waals surface area contributed by atoms with E-state index < -0.39 is 0 Å². The van der Waals surface area contributed by atoms with E-state index in [2.05, 4.69) is 21.2 Å². The fourth-order valence-electron chi connectivity index (χ4n) is 3.80. The standard InChI is InChI=1S/C18H22ClN5O/c19-15-4-1-2-5-16(15)22-8-3-9-23(11-10-22)18(25)14-6-7-17-21-20-13-24(17)12-14/h1-2,4-5,13-14H,3,6-12H2/t14-/m0/s1. The number of hydrogen-bond donors (Lipinski definition) is 0. The fourth-order valence-corrected chi connectivity index (χ4v) is 4.06. The summed E-state index contributed by atoms with van der Waals surface area (Å²) < 4.78 is 2.01. The fraction of sp³-hybridized carbons (Fsp3) is 0.500. The molecule has 1 saturated heterocycles. The first-order valence-electron chi connectivity index (χ1n) is 8.87. The summed E-state index contributed by atoms with van der Waals surface area (Å²) in [5, 5.41) is 8.82. The van der Waals surface area contributed by atoms with E-state index in [9.17, 15) is 4.79 Å². The number of halogens is 1. The highest BCUT2D eigenvalue weighted by Gasteiger charge is 2.30. The largest absolute Gasteiger partial charge is 0.368 e. The molecule has 1 amide bonds. The summed E-state index contributed by atoms with van der Waals surface area (Å²) in [6.07, 6.45) is 4.39. The molecule has 3 heterocycles. The second-order valence-electron chi connectivity index (χ2n) is 6.75. The number of anilines is 1. The smallest absolute Gasteiger partial charge is 0.227 e. The number of aromatic nitrogens is 3. The van der Waals surface area contributed by atoms with Gasteiger partial charge in [-0.3, -0.25) is 4.79 Å². The molecule has 0 aliphatic carbocycles. The first-order chi connectivity index (χ1) is 12.2. The van der Waals surface area contributed by atoms with Crippen molar-refractivity contribution in [1.29, 1.82) is 0 Å². The third-order valence-corrected chi connectivity index (χ3v) is 5.50.